The van der Waals surface area contributed by atoms with Gasteiger partial charge in [-0.2, -0.15) is 0 Å². The van der Waals surface area contributed by atoms with Crippen LogP contribution in [0.3, 0.4) is 0 Å². The number of hydrogen-bond acceptors (Lipinski definition) is 1. The third-order valence-electron chi connectivity index (χ3n) is 3.20. The number of thiocarbonyl (C=S) groups is 1. The number of hydrogen-bond donors (Lipinski definition) is 2. The van der Waals surface area contributed by atoms with Crippen LogP contribution in [0.2, 0.25) is 0 Å². The van der Waals surface area contributed by atoms with E-state index in [4.69, 9.17) is 12.2 Å². The lowest BCUT2D eigenvalue weighted by atomic mass is 10.1. The molecular weight excluding hydrogens is 283 g/mol. The highest BCUT2D eigenvalue weighted by Crippen LogP contribution is 2.15. The minimum absolute atomic E-state index is 0.0107. The van der Waals surface area contributed by atoms with Crippen LogP contribution in [0, 0.1) is 19.7 Å². The first kappa shape index (κ1) is 15.4. The zero-order valence-electron chi connectivity index (χ0n) is 12.4. The van der Waals surface area contributed by atoms with Crippen LogP contribution in [0.25, 0.3) is 0 Å². The summed E-state index contributed by atoms with van der Waals surface area (Å²) in [6.07, 6.45) is 0. The second kappa shape index (κ2) is 6.68. The van der Waals surface area contributed by atoms with E-state index >= 15 is 0 Å². The fraction of sp³-hybridized carbons (Fsp3) is 0.235. The van der Waals surface area contributed by atoms with E-state index < -0.39 is 0 Å². The Morgan fingerprint density at radius 2 is 1.62 bits per heavy atom. The van der Waals surface area contributed by atoms with Crippen LogP contribution >= 0.6 is 12.2 Å². The number of halogens is 1. The van der Waals surface area contributed by atoms with E-state index in [1.807, 2.05) is 19.1 Å². The summed E-state index contributed by atoms with van der Waals surface area (Å²) in [5, 5.41) is 6.94. The van der Waals surface area contributed by atoms with E-state index in [0.717, 1.165) is 11.3 Å². The number of benzene rings is 2. The molecule has 2 nitrogen and oxygen atoms in total. The molecule has 0 aliphatic carbocycles. The SMILES string of the molecule is Cc1cc(C)cc(NC(=S)N[C@@H](C)c2ccc(F)cc2)c1. The molecule has 0 spiro atoms. The highest BCUT2D eigenvalue weighted by Gasteiger charge is 2.07. The van der Waals surface area contributed by atoms with Gasteiger partial charge in [-0.05, 0) is 73.9 Å². The molecule has 110 valence electrons. The second-order valence-electron chi connectivity index (χ2n) is 5.25. The molecule has 0 fully saturated rings. The van der Waals surface area contributed by atoms with Crippen molar-refractivity contribution in [2.75, 3.05) is 5.32 Å². The normalized spacial score (nSPS) is 11.8. The van der Waals surface area contributed by atoms with Crippen molar-refractivity contribution in [3.63, 3.8) is 0 Å². The Labute approximate surface area is 130 Å². The lowest BCUT2D eigenvalue weighted by Gasteiger charge is -2.18. The van der Waals surface area contributed by atoms with E-state index in [0.29, 0.717) is 5.11 Å². The maximum Gasteiger partial charge on any atom is 0.171 e. The fourth-order valence-corrected chi connectivity index (χ4v) is 2.54. The Bertz CT molecular complexity index is 617. The lowest BCUT2D eigenvalue weighted by Crippen LogP contribution is -2.30. The zero-order chi connectivity index (χ0) is 15.4. The van der Waals surface area contributed by atoms with Crippen molar-refractivity contribution in [1.82, 2.24) is 5.32 Å². The van der Waals surface area contributed by atoms with Crippen molar-refractivity contribution in [2.45, 2.75) is 26.8 Å². The molecule has 2 aromatic rings. The number of anilines is 1. The Hall–Kier alpha value is -1.94. The first-order chi connectivity index (χ1) is 9.94. The molecular formula is C17H19FN2S. The van der Waals surface area contributed by atoms with Gasteiger partial charge in [-0.3, -0.25) is 0 Å². The molecule has 21 heavy (non-hydrogen) atoms. The van der Waals surface area contributed by atoms with Crippen molar-refractivity contribution in [2.24, 2.45) is 0 Å². The number of rotatable bonds is 3. The first-order valence-corrected chi connectivity index (χ1v) is 7.26. The molecule has 0 unspecified atom stereocenters. The van der Waals surface area contributed by atoms with E-state index in [1.165, 1.54) is 23.3 Å². The van der Waals surface area contributed by atoms with Crippen molar-refractivity contribution >= 4 is 23.0 Å². The van der Waals surface area contributed by atoms with Crippen LogP contribution in [-0.2, 0) is 0 Å². The van der Waals surface area contributed by atoms with Crippen LogP contribution in [0.1, 0.15) is 29.7 Å². The smallest absolute Gasteiger partial charge is 0.171 e. The monoisotopic (exact) mass is 302 g/mol. The molecule has 2 rings (SSSR count). The minimum Gasteiger partial charge on any atom is -0.356 e. The summed E-state index contributed by atoms with van der Waals surface area (Å²) in [6.45, 7) is 6.09. The van der Waals surface area contributed by atoms with Gasteiger partial charge in [0.2, 0.25) is 0 Å². The van der Waals surface area contributed by atoms with Gasteiger partial charge in [-0.25, -0.2) is 4.39 Å². The summed E-state index contributed by atoms with van der Waals surface area (Å²) in [6, 6.07) is 12.6. The highest BCUT2D eigenvalue weighted by molar-refractivity contribution is 7.80. The van der Waals surface area contributed by atoms with Gasteiger partial charge in [0.1, 0.15) is 5.82 Å². The summed E-state index contributed by atoms with van der Waals surface area (Å²) < 4.78 is 12.9. The van der Waals surface area contributed by atoms with E-state index in [1.54, 1.807) is 12.1 Å². The Morgan fingerprint density at radius 1 is 1.05 bits per heavy atom. The molecule has 0 saturated heterocycles. The van der Waals surface area contributed by atoms with Crippen molar-refractivity contribution in [1.29, 1.82) is 0 Å². The maximum absolute atomic E-state index is 12.9. The molecule has 0 amide bonds. The summed E-state index contributed by atoms with van der Waals surface area (Å²) >= 11 is 5.33. The Kier molecular flexibility index (Phi) is 4.91. The van der Waals surface area contributed by atoms with Crippen LogP contribution in [0.5, 0.6) is 0 Å². The molecule has 2 N–H and O–H groups in total. The topological polar surface area (TPSA) is 24.1 Å². The summed E-state index contributed by atoms with van der Waals surface area (Å²) in [4.78, 5) is 0. The van der Waals surface area contributed by atoms with Gasteiger partial charge in [0.05, 0.1) is 6.04 Å². The van der Waals surface area contributed by atoms with Crippen LogP contribution in [0.15, 0.2) is 42.5 Å². The highest BCUT2D eigenvalue weighted by atomic mass is 32.1. The van der Waals surface area contributed by atoms with Crippen molar-refractivity contribution in [3.05, 3.63) is 65.0 Å². The third kappa shape index (κ3) is 4.53. The van der Waals surface area contributed by atoms with Crippen LogP contribution < -0.4 is 10.6 Å². The van der Waals surface area contributed by atoms with Crippen LogP contribution in [-0.4, -0.2) is 5.11 Å². The molecule has 0 heterocycles. The largest absolute Gasteiger partial charge is 0.356 e. The molecule has 0 aliphatic heterocycles. The van der Waals surface area contributed by atoms with Gasteiger partial charge in [0.15, 0.2) is 5.11 Å². The minimum atomic E-state index is -0.234. The van der Waals surface area contributed by atoms with Gasteiger partial charge in [0.25, 0.3) is 0 Å². The number of nitrogens with one attached hydrogen (secondary N) is 2. The van der Waals surface area contributed by atoms with Crippen molar-refractivity contribution in [3.8, 4) is 0 Å². The van der Waals surface area contributed by atoms with Crippen molar-refractivity contribution < 1.29 is 4.39 Å². The number of aryl methyl sites for hydroxylation is 2. The third-order valence-corrected chi connectivity index (χ3v) is 3.42. The fourth-order valence-electron chi connectivity index (χ4n) is 2.25. The van der Waals surface area contributed by atoms with Gasteiger partial charge >= 0.3 is 0 Å². The molecule has 0 saturated carbocycles. The average Bonchev–Trinajstić information content (AvgIpc) is 2.37. The van der Waals surface area contributed by atoms with Gasteiger partial charge in [0, 0.05) is 5.69 Å². The predicted molar refractivity (Wildman–Crippen MR) is 90.1 cm³/mol. The standard InChI is InChI=1S/C17H19FN2S/c1-11-8-12(2)10-16(9-11)20-17(21)19-13(3)14-4-6-15(18)7-5-14/h4-10,13H,1-3H3,(H2,19,20,21)/t13-/m0/s1. The van der Waals surface area contributed by atoms with Gasteiger partial charge in [-0.1, -0.05) is 18.2 Å². The molecule has 4 heteroatoms. The second-order valence-corrected chi connectivity index (χ2v) is 5.66. The molecule has 0 aromatic heterocycles. The lowest BCUT2D eigenvalue weighted by molar-refractivity contribution is 0.624. The quantitative estimate of drug-likeness (QED) is 0.817. The predicted octanol–water partition coefficient (Wildman–Crippen LogP) is 4.49. The van der Waals surface area contributed by atoms with E-state index in [-0.39, 0.29) is 11.9 Å². The first-order valence-electron chi connectivity index (χ1n) is 6.85. The Morgan fingerprint density at radius 3 is 2.19 bits per heavy atom. The van der Waals surface area contributed by atoms with E-state index in [2.05, 4.69) is 30.5 Å². The molecule has 0 aliphatic rings. The maximum atomic E-state index is 12.9. The summed E-state index contributed by atoms with van der Waals surface area (Å²) in [5.74, 6) is -0.234. The zero-order valence-corrected chi connectivity index (χ0v) is 13.2. The Balaban J connectivity index is 1.99. The van der Waals surface area contributed by atoms with Gasteiger partial charge in [-0.15, -0.1) is 0 Å². The summed E-state index contributed by atoms with van der Waals surface area (Å²) in [7, 11) is 0. The summed E-state index contributed by atoms with van der Waals surface area (Å²) in [5.41, 5.74) is 4.33. The molecule has 0 radical (unpaired) electrons. The average molecular weight is 302 g/mol. The van der Waals surface area contributed by atoms with Crippen LogP contribution in [0.4, 0.5) is 10.1 Å². The molecule has 0 bridgehead atoms. The molecule has 2 aromatic carbocycles. The van der Waals surface area contributed by atoms with E-state index in [9.17, 15) is 4.39 Å². The van der Waals surface area contributed by atoms with Gasteiger partial charge < -0.3 is 10.6 Å². The molecule has 1 atom stereocenters.